The molecule has 0 aliphatic carbocycles. The van der Waals surface area contributed by atoms with E-state index in [1.165, 1.54) is 38.8 Å². The molecule has 1 unspecified atom stereocenters. The van der Waals surface area contributed by atoms with Crippen LogP contribution in [0.3, 0.4) is 0 Å². The number of piperidine rings is 1. The van der Waals surface area contributed by atoms with Gasteiger partial charge in [0.15, 0.2) is 0 Å². The lowest BCUT2D eigenvalue weighted by Crippen LogP contribution is -2.49. The smallest absolute Gasteiger partial charge is 0.0558 e. The molecule has 0 amide bonds. The molecule has 2 fully saturated rings. The number of likely N-dealkylation sites (tertiary alicyclic amines) is 1. The van der Waals surface area contributed by atoms with E-state index in [2.05, 4.69) is 23.8 Å². The largest absolute Gasteiger partial charge is 0.395 e. The van der Waals surface area contributed by atoms with E-state index in [1.807, 2.05) is 0 Å². The van der Waals surface area contributed by atoms with Gasteiger partial charge in [-0.05, 0) is 58.2 Å². The molecule has 19 heavy (non-hydrogen) atoms. The molecule has 2 rings (SSSR count). The lowest BCUT2D eigenvalue weighted by atomic mass is 9.72. The average Bonchev–Trinajstić information content (AvgIpc) is 2.40. The maximum Gasteiger partial charge on any atom is 0.0558 e. The maximum absolute atomic E-state index is 8.96. The van der Waals surface area contributed by atoms with Crippen LogP contribution in [0.25, 0.3) is 0 Å². The number of likely N-dealkylation sites (N-methyl/N-ethyl adjacent to an activating group) is 1. The summed E-state index contributed by atoms with van der Waals surface area (Å²) in [5.74, 6) is 0. The van der Waals surface area contributed by atoms with Crippen LogP contribution in [0, 0.1) is 5.41 Å². The molecule has 0 aromatic carbocycles. The van der Waals surface area contributed by atoms with Gasteiger partial charge in [-0.1, -0.05) is 0 Å². The second-order valence-corrected chi connectivity index (χ2v) is 6.48. The molecule has 0 aromatic rings. The Morgan fingerprint density at radius 3 is 2.42 bits per heavy atom. The van der Waals surface area contributed by atoms with E-state index in [-0.39, 0.29) is 6.61 Å². The number of nitrogens with zero attached hydrogens (tertiary/aromatic N) is 2. The van der Waals surface area contributed by atoms with Crippen LogP contribution in [0.15, 0.2) is 0 Å². The monoisotopic (exact) mass is 270 g/mol. The highest BCUT2D eigenvalue weighted by molar-refractivity contribution is 4.89. The van der Waals surface area contributed by atoms with Crippen molar-refractivity contribution >= 4 is 0 Å². The SMILES string of the molecule is CC(CN(C)CCO)N1CCC2(CCOCC2)CC1. The lowest BCUT2D eigenvalue weighted by Gasteiger charge is -2.46. The number of aliphatic hydroxyl groups excluding tert-OH is 1. The first-order chi connectivity index (χ1) is 9.15. The molecular formula is C15H30N2O2. The third-order valence-electron chi connectivity index (χ3n) is 5.09. The summed E-state index contributed by atoms with van der Waals surface area (Å²) in [5.41, 5.74) is 0.589. The summed E-state index contributed by atoms with van der Waals surface area (Å²) in [6, 6.07) is 0.591. The van der Waals surface area contributed by atoms with Crippen LogP contribution in [0.2, 0.25) is 0 Å². The van der Waals surface area contributed by atoms with E-state index < -0.39 is 0 Å². The molecule has 112 valence electrons. The van der Waals surface area contributed by atoms with Crippen LogP contribution >= 0.6 is 0 Å². The Morgan fingerprint density at radius 2 is 1.84 bits per heavy atom. The van der Waals surface area contributed by atoms with Gasteiger partial charge in [0.25, 0.3) is 0 Å². The molecule has 0 radical (unpaired) electrons. The number of hydrogen-bond acceptors (Lipinski definition) is 4. The van der Waals surface area contributed by atoms with E-state index in [0.29, 0.717) is 11.5 Å². The second kappa shape index (κ2) is 7.02. The van der Waals surface area contributed by atoms with Crippen molar-refractivity contribution in [3.05, 3.63) is 0 Å². The molecule has 0 saturated carbocycles. The van der Waals surface area contributed by atoms with Gasteiger partial charge < -0.3 is 14.7 Å². The highest BCUT2D eigenvalue weighted by atomic mass is 16.5. The molecule has 2 saturated heterocycles. The van der Waals surface area contributed by atoms with Crippen LogP contribution in [0.1, 0.15) is 32.6 Å². The van der Waals surface area contributed by atoms with Crippen molar-refractivity contribution in [2.45, 2.75) is 38.6 Å². The van der Waals surface area contributed by atoms with Crippen molar-refractivity contribution in [2.75, 3.05) is 53.0 Å². The third kappa shape index (κ3) is 4.15. The fourth-order valence-corrected chi connectivity index (χ4v) is 3.57. The van der Waals surface area contributed by atoms with Gasteiger partial charge >= 0.3 is 0 Å². The van der Waals surface area contributed by atoms with Gasteiger partial charge in [-0.25, -0.2) is 0 Å². The Labute approximate surface area is 117 Å². The van der Waals surface area contributed by atoms with Crippen molar-refractivity contribution in [3.8, 4) is 0 Å². The quantitative estimate of drug-likeness (QED) is 0.814. The summed E-state index contributed by atoms with van der Waals surface area (Å²) < 4.78 is 5.51. The van der Waals surface area contributed by atoms with Crippen molar-refractivity contribution in [1.82, 2.24) is 9.80 Å². The fourth-order valence-electron chi connectivity index (χ4n) is 3.57. The first kappa shape index (κ1) is 15.2. The first-order valence-corrected chi connectivity index (χ1v) is 7.76. The average molecular weight is 270 g/mol. The maximum atomic E-state index is 8.96. The third-order valence-corrected chi connectivity index (χ3v) is 5.09. The highest BCUT2D eigenvalue weighted by Crippen LogP contribution is 2.40. The van der Waals surface area contributed by atoms with Crippen molar-refractivity contribution in [3.63, 3.8) is 0 Å². The zero-order valence-electron chi connectivity index (χ0n) is 12.6. The zero-order valence-corrected chi connectivity index (χ0v) is 12.6. The predicted molar refractivity (Wildman–Crippen MR) is 77.3 cm³/mol. The van der Waals surface area contributed by atoms with Gasteiger partial charge in [0.1, 0.15) is 0 Å². The molecule has 1 spiro atoms. The Balaban J connectivity index is 1.75. The van der Waals surface area contributed by atoms with E-state index in [4.69, 9.17) is 9.84 Å². The van der Waals surface area contributed by atoms with Crippen LogP contribution < -0.4 is 0 Å². The van der Waals surface area contributed by atoms with Crippen LogP contribution in [0.4, 0.5) is 0 Å². The van der Waals surface area contributed by atoms with Crippen molar-refractivity contribution in [1.29, 1.82) is 0 Å². The van der Waals surface area contributed by atoms with Gasteiger partial charge in [-0.15, -0.1) is 0 Å². The van der Waals surface area contributed by atoms with Gasteiger partial charge in [-0.2, -0.15) is 0 Å². The van der Waals surface area contributed by atoms with Gasteiger partial charge in [0.05, 0.1) is 6.61 Å². The minimum absolute atomic E-state index is 0.256. The number of ether oxygens (including phenoxy) is 1. The minimum atomic E-state index is 0.256. The van der Waals surface area contributed by atoms with E-state index in [9.17, 15) is 0 Å². The number of hydrogen-bond donors (Lipinski definition) is 1. The summed E-state index contributed by atoms with van der Waals surface area (Å²) >= 11 is 0. The normalized spacial score (nSPS) is 25.9. The lowest BCUT2D eigenvalue weighted by molar-refractivity contribution is -0.0283. The molecular weight excluding hydrogens is 240 g/mol. The van der Waals surface area contributed by atoms with E-state index in [0.717, 1.165) is 26.3 Å². The zero-order chi connectivity index (χ0) is 13.7. The molecule has 4 nitrogen and oxygen atoms in total. The van der Waals surface area contributed by atoms with Crippen LogP contribution in [0.5, 0.6) is 0 Å². The van der Waals surface area contributed by atoms with Gasteiger partial charge in [-0.3, -0.25) is 4.90 Å². The summed E-state index contributed by atoms with van der Waals surface area (Å²) in [6.07, 6.45) is 5.20. The van der Waals surface area contributed by atoms with E-state index in [1.54, 1.807) is 0 Å². The molecule has 2 aliphatic rings. The number of aliphatic hydroxyl groups is 1. The first-order valence-electron chi connectivity index (χ1n) is 7.76. The Bertz CT molecular complexity index is 257. The standard InChI is InChI=1S/C15H30N2O2/c1-14(13-16(2)9-10-18)17-7-3-15(4-8-17)5-11-19-12-6-15/h14,18H,3-13H2,1-2H3. The molecule has 1 atom stereocenters. The van der Waals surface area contributed by atoms with Crippen LogP contribution in [-0.4, -0.2) is 74.0 Å². The minimum Gasteiger partial charge on any atom is -0.395 e. The summed E-state index contributed by atoms with van der Waals surface area (Å²) in [5, 5.41) is 8.96. The predicted octanol–water partition coefficient (Wildman–Crippen LogP) is 1.19. The topological polar surface area (TPSA) is 35.9 Å². The Morgan fingerprint density at radius 1 is 1.21 bits per heavy atom. The molecule has 2 heterocycles. The molecule has 1 N–H and O–H groups in total. The van der Waals surface area contributed by atoms with Gasteiger partial charge in [0.2, 0.25) is 0 Å². The summed E-state index contributed by atoms with van der Waals surface area (Å²) in [6.45, 7) is 8.80. The van der Waals surface area contributed by atoms with Crippen molar-refractivity contribution < 1.29 is 9.84 Å². The molecule has 2 aliphatic heterocycles. The second-order valence-electron chi connectivity index (χ2n) is 6.48. The molecule has 4 heteroatoms. The van der Waals surface area contributed by atoms with E-state index >= 15 is 0 Å². The molecule has 0 aromatic heterocycles. The van der Waals surface area contributed by atoms with Gasteiger partial charge in [0, 0.05) is 32.3 Å². The summed E-state index contributed by atoms with van der Waals surface area (Å²) in [7, 11) is 2.09. The Hall–Kier alpha value is -0.160. The van der Waals surface area contributed by atoms with Crippen molar-refractivity contribution in [2.24, 2.45) is 5.41 Å². The summed E-state index contributed by atoms with van der Waals surface area (Å²) in [4.78, 5) is 4.85. The Kier molecular flexibility index (Phi) is 5.63. The fraction of sp³-hybridized carbons (Fsp3) is 1.00. The van der Waals surface area contributed by atoms with Crippen LogP contribution in [-0.2, 0) is 4.74 Å². The highest BCUT2D eigenvalue weighted by Gasteiger charge is 2.36. The number of rotatable bonds is 5. The molecule has 0 bridgehead atoms.